The Balaban J connectivity index is 1.45. The van der Waals surface area contributed by atoms with E-state index in [0.29, 0.717) is 13.0 Å². The minimum absolute atomic E-state index is 0.00930. The van der Waals surface area contributed by atoms with Gasteiger partial charge in [0, 0.05) is 20.0 Å². The van der Waals surface area contributed by atoms with Crippen molar-refractivity contribution in [1.29, 1.82) is 0 Å². The maximum absolute atomic E-state index is 13.1. The van der Waals surface area contributed by atoms with Crippen LogP contribution in [0.3, 0.4) is 0 Å². The second-order valence-corrected chi connectivity index (χ2v) is 11.0. The molecule has 3 aliphatic heterocycles. The Hall–Kier alpha value is -1.47. The van der Waals surface area contributed by atoms with Crippen molar-refractivity contribution in [3.63, 3.8) is 0 Å². The molecule has 3 aliphatic rings. The first-order chi connectivity index (χ1) is 17.6. The molecular formula is C30H46O6. The first kappa shape index (κ1) is 27.6. The fourth-order valence-corrected chi connectivity index (χ4v) is 6.04. The van der Waals surface area contributed by atoms with Crippen LogP contribution in [-0.4, -0.2) is 55.8 Å². The zero-order valence-electron chi connectivity index (χ0n) is 22.3. The quantitative estimate of drug-likeness (QED) is 0.314. The third-order valence-corrected chi connectivity index (χ3v) is 7.93. The number of fused-ring (bicyclic) bond motifs is 4. The molecule has 0 aromatic heterocycles. The number of unbranched alkanes of at least 4 members (excludes halogenated alkanes) is 2. The monoisotopic (exact) mass is 502 g/mol. The molecule has 0 spiro atoms. The highest BCUT2D eigenvalue weighted by Crippen LogP contribution is 2.32. The smallest absolute Gasteiger partial charge is 0.308 e. The fourth-order valence-electron chi connectivity index (χ4n) is 6.04. The summed E-state index contributed by atoms with van der Waals surface area (Å²) in [4.78, 5) is 13.1. The van der Waals surface area contributed by atoms with Gasteiger partial charge in [-0.3, -0.25) is 4.79 Å². The second kappa shape index (κ2) is 14.5. The molecule has 0 radical (unpaired) electrons. The molecule has 0 amide bonds. The molecule has 6 heteroatoms. The number of methoxy groups -OCH3 is 1. The Kier molecular flexibility index (Phi) is 11.1. The van der Waals surface area contributed by atoms with Crippen LogP contribution in [0.5, 0.6) is 0 Å². The Labute approximate surface area is 217 Å². The first-order valence-corrected chi connectivity index (χ1v) is 14.3. The molecule has 1 aromatic rings. The van der Waals surface area contributed by atoms with E-state index in [2.05, 4.69) is 19.1 Å². The van der Waals surface area contributed by atoms with Gasteiger partial charge in [0.1, 0.15) is 6.10 Å². The van der Waals surface area contributed by atoms with Gasteiger partial charge in [-0.05, 0) is 56.9 Å². The summed E-state index contributed by atoms with van der Waals surface area (Å²) in [5, 5.41) is 0. The van der Waals surface area contributed by atoms with Crippen molar-refractivity contribution >= 4 is 5.97 Å². The van der Waals surface area contributed by atoms with Crippen LogP contribution in [0.4, 0.5) is 0 Å². The molecule has 1 aromatic carbocycles. The van der Waals surface area contributed by atoms with Crippen LogP contribution < -0.4 is 0 Å². The van der Waals surface area contributed by atoms with E-state index in [0.717, 1.165) is 76.2 Å². The maximum Gasteiger partial charge on any atom is 0.308 e. The van der Waals surface area contributed by atoms with Crippen LogP contribution in [0.1, 0.15) is 96.0 Å². The molecule has 36 heavy (non-hydrogen) atoms. The average molecular weight is 503 g/mol. The summed E-state index contributed by atoms with van der Waals surface area (Å²) < 4.78 is 31.3. The van der Waals surface area contributed by atoms with Crippen molar-refractivity contribution in [3.05, 3.63) is 35.9 Å². The second-order valence-electron chi connectivity index (χ2n) is 11.0. The lowest BCUT2D eigenvalue weighted by Crippen LogP contribution is -2.42. The number of esters is 1. The van der Waals surface area contributed by atoms with E-state index in [9.17, 15) is 4.79 Å². The van der Waals surface area contributed by atoms with E-state index in [1.54, 1.807) is 7.11 Å². The lowest BCUT2D eigenvalue weighted by molar-refractivity contribution is -0.169. The number of ether oxygens (including phenoxy) is 5. The number of carbonyl (C=O) groups is 1. The molecule has 6 nitrogen and oxygen atoms in total. The van der Waals surface area contributed by atoms with Crippen molar-refractivity contribution in [2.24, 2.45) is 0 Å². The molecule has 4 rings (SSSR count). The maximum atomic E-state index is 13.1. The Morgan fingerprint density at radius 1 is 0.861 bits per heavy atom. The van der Waals surface area contributed by atoms with E-state index in [-0.39, 0.29) is 55.1 Å². The van der Waals surface area contributed by atoms with Crippen LogP contribution in [0.2, 0.25) is 0 Å². The molecule has 3 saturated heterocycles. The molecular weight excluding hydrogens is 456 g/mol. The highest BCUT2D eigenvalue weighted by Gasteiger charge is 2.36. The molecule has 3 heterocycles. The SMILES string of the molecule is CCCCC[C@H]1C[C@@H]2CCCC(C[C@@H](OC)CC3C[C@H](OCc4ccccc4)C[C@@H](CC(=O)O1)O3)O2. The highest BCUT2D eigenvalue weighted by molar-refractivity contribution is 5.70. The van der Waals surface area contributed by atoms with Crippen molar-refractivity contribution < 1.29 is 28.5 Å². The molecule has 7 atom stereocenters. The van der Waals surface area contributed by atoms with E-state index in [1.807, 2.05) is 18.2 Å². The summed E-state index contributed by atoms with van der Waals surface area (Å²) in [6, 6.07) is 10.3. The summed E-state index contributed by atoms with van der Waals surface area (Å²) in [7, 11) is 1.79. The molecule has 2 unspecified atom stereocenters. The Morgan fingerprint density at radius 2 is 1.56 bits per heavy atom. The molecule has 4 bridgehead atoms. The van der Waals surface area contributed by atoms with E-state index >= 15 is 0 Å². The lowest BCUT2D eigenvalue weighted by atomic mass is 9.91. The van der Waals surface area contributed by atoms with E-state index in [1.165, 1.54) is 0 Å². The Bertz CT molecular complexity index is 770. The summed E-state index contributed by atoms with van der Waals surface area (Å²) in [6.45, 7) is 2.77. The van der Waals surface area contributed by atoms with Gasteiger partial charge in [0.25, 0.3) is 0 Å². The molecule has 202 valence electrons. The van der Waals surface area contributed by atoms with Crippen molar-refractivity contribution in [2.75, 3.05) is 7.11 Å². The van der Waals surface area contributed by atoms with Crippen LogP contribution in [0.25, 0.3) is 0 Å². The van der Waals surface area contributed by atoms with Gasteiger partial charge in [0.05, 0.1) is 49.7 Å². The third kappa shape index (κ3) is 8.83. The van der Waals surface area contributed by atoms with Gasteiger partial charge in [0.2, 0.25) is 0 Å². The zero-order chi connectivity index (χ0) is 25.2. The number of cyclic esters (lactones) is 1. The van der Waals surface area contributed by atoms with E-state index < -0.39 is 0 Å². The van der Waals surface area contributed by atoms with Crippen LogP contribution >= 0.6 is 0 Å². The predicted molar refractivity (Wildman–Crippen MR) is 139 cm³/mol. The van der Waals surface area contributed by atoms with Gasteiger partial charge in [-0.1, -0.05) is 50.1 Å². The Morgan fingerprint density at radius 3 is 2.33 bits per heavy atom. The zero-order valence-corrected chi connectivity index (χ0v) is 22.3. The average Bonchev–Trinajstić information content (AvgIpc) is 2.87. The standard InChI is InChI=1S/C30H46O6/c1-3-4-6-12-25-15-23-13-9-14-24(34-23)16-26(32-2)17-28-18-27(19-29(35-28)20-30(31)36-25)33-21-22-10-7-5-8-11-22/h5,7-8,10-11,23-29H,3-4,6,9,12-21H2,1-2H3/t23-,24?,25-,26+,27-,28?,29-/m0/s1. The van der Waals surface area contributed by atoms with Crippen LogP contribution in [-0.2, 0) is 35.1 Å². The van der Waals surface area contributed by atoms with Gasteiger partial charge in [-0.15, -0.1) is 0 Å². The largest absolute Gasteiger partial charge is 0.462 e. The normalized spacial score (nSPS) is 33.9. The van der Waals surface area contributed by atoms with Gasteiger partial charge in [-0.25, -0.2) is 0 Å². The number of hydrogen-bond acceptors (Lipinski definition) is 6. The number of rotatable bonds is 8. The van der Waals surface area contributed by atoms with Gasteiger partial charge in [-0.2, -0.15) is 0 Å². The van der Waals surface area contributed by atoms with E-state index in [4.69, 9.17) is 23.7 Å². The third-order valence-electron chi connectivity index (χ3n) is 7.93. The number of hydrogen-bond donors (Lipinski definition) is 0. The topological polar surface area (TPSA) is 63.2 Å². The number of benzene rings is 1. The van der Waals surface area contributed by atoms with Crippen LogP contribution in [0.15, 0.2) is 30.3 Å². The van der Waals surface area contributed by atoms with Crippen molar-refractivity contribution in [1.82, 2.24) is 0 Å². The predicted octanol–water partition coefficient (Wildman–Crippen LogP) is 6.14. The first-order valence-electron chi connectivity index (χ1n) is 14.3. The summed E-state index contributed by atoms with van der Waals surface area (Å²) >= 11 is 0. The number of carbonyl (C=O) groups excluding carboxylic acids is 1. The fraction of sp³-hybridized carbons (Fsp3) is 0.767. The van der Waals surface area contributed by atoms with Gasteiger partial charge < -0.3 is 23.7 Å². The van der Waals surface area contributed by atoms with Gasteiger partial charge >= 0.3 is 5.97 Å². The minimum atomic E-state index is -0.190. The molecule has 0 saturated carbocycles. The lowest BCUT2D eigenvalue weighted by Gasteiger charge is -2.38. The molecule has 3 fully saturated rings. The summed E-state index contributed by atoms with van der Waals surface area (Å²) in [6.07, 6.45) is 12.0. The minimum Gasteiger partial charge on any atom is -0.462 e. The summed E-state index contributed by atoms with van der Waals surface area (Å²) in [5.74, 6) is -0.156. The van der Waals surface area contributed by atoms with Crippen molar-refractivity contribution in [2.45, 2.75) is 140 Å². The highest BCUT2D eigenvalue weighted by atomic mass is 16.6. The van der Waals surface area contributed by atoms with Gasteiger partial charge in [0.15, 0.2) is 0 Å². The van der Waals surface area contributed by atoms with Crippen LogP contribution in [0, 0.1) is 0 Å². The van der Waals surface area contributed by atoms with Crippen molar-refractivity contribution in [3.8, 4) is 0 Å². The molecule has 0 N–H and O–H groups in total. The summed E-state index contributed by atoms with van der Waals surface area (Å²) in [5.41, 5.74) is 1.16. The molecule has 0 aliphatic carbocycles.